The smallest absolute Gasteiger partial charge is 0.338 e. The number of anilines is 1. The van der Waals surface area contributed by atoms with Crippen molar-refractivity contribution in [2.45, 2.75) is 6.92 Å². The van der Waals surface area contributed by atoms with Gasteiger partial charge >= 0.3 is 5.97 Å². The van der Waals surface area contributed by atoms with Gasteiger partial charge in [-0.15, -0.1) is 0 Å². The van der Waals surface area contributed by atoms with Gasteiger partial charge in [-0.3, -0.25) is 4.79 Å². The normalized spacial score (nSPS) is 10.3. The van der Waals surface area contributed by atoms with Crippen molar-refractivity contribution >= 4 is 23.6 Å². The minimum atomic E-state index is -0.443. The highest BCUT2D eigenvalue weighted by Crippen LogP contribution is 2.16. The maximum absolute atomic E-state index is 11.5. The number of esters is 1. The van der Waals surface area contributed by atoms with Crippen LogP contribution >= 0.6 is 0 Å². The first-order valence-corrected chi connectivity index (χ1v) is 5.43. The van der Waals surface area contributed by atoms with Gasteiger partial charge in [0.05, 0.1) is 12.7 Å². The van der Waals surface area contributed by atoms with Crippen molar-refractivity contribution in [3.63, 3.8) is 0 Å². The molecule has 0 aliphatic heterocycles. The molecule has 0 unspecified atom stereocenters. The lowest BCUT2D eigenvalue weighted by molar-refractivity contribution is -0.118. The van der Waals surface area contributed by atoms with Gasteiger partial charge in [-0.1, -0.05) is 18.2 Å². The Morgan fingerprint density at radius 1 is 1.44 bits per heavy atom. The molecule has 1 aromatic rings. The van der Waals surface area contributed by atoms with Crippen LogP contribution in [0.5, 0.6) is 0 Å². The van der Waals surface area contributed by atoms with Crippen LogP contribution in [0.3, 0.4) is 0 Å². The largest absolute Gasteiger partial charge is 0.465 e. The SMILES string of the molecule is COC(=O)c1cc(N)ccc1C=CCNC(C)=O. The molecule has 1 rings (SSSR count). The first-order valence-electron chi connectivity index (χ1n) is 5.43. The number of nitrogens with two attached hydrogens (primary N) is 1. The fourth-order valence-corrected chi connectivity index (χ4v) is 1.39. The zero-order valence-corrected chi connectivity index (χ0v) is 10.4. The maximum Gasteiger partial charge on any atom is 0.338 e. The minimum absolute atomic E-state index is 0.106. The number of hydrogen-bond donors (Lipinski definition) is 2. The first-order chi connectivity index (χ1) is 8.54. The lowest BCUT2D eigenvalue weighted by atomic mass is 10.1. The van der Waals surface area contributed by atoms with E-state index in [4.69, 9.17) is 5.73 Å². The molecule has 0 saturated heterocycles. The van der Waals surface area contributed by atoms with Gasteiger partial charge in [0.25, 0.3) is 0 Å². The molecule has 0 fully saturated rings. The lowest BCUT2D eigenvalue weighted by Crippen LogP contribution is -2.19. The molecule has 1 amide bonds. The summed E-state index contributed by atoms with van der Waals surface area (Å²) in [4.78, 5) is 22.2. The van der Waals surface area contributed by atoms with Crippen LogP contribution in [-0.2, 0) is 9.53 Å². The number of hydrogen-bond acceptors (Lipinski definition) is 4. The maximum atomic E-state index is 11.5. The number of nitrogens with one attached hydrogen (secondary N) is 1. The molecule has 5 heteroatoms. The summed E-state index contributed by atoms with van der Waals surface area (Å²) >= 11 is 0. The summed E-state index contributed by atoms with van der Waals surface area (Å²) in [6, 6.07) is 4.99. The molecule has 0 bridgehead atoms. The Kier molecular flexibility index (Phi) is 4.92. The monoisotopic (exact) mass is 248 g/mol. The number of benzene rings is 1. The van der Waals surface area contributed by atoms with Gasteiger partial charge in [-0.2, -0.15) is 0 Å². The van der Waals surface area contributed by atoms with Crippen LogP contribution in [0.2, 0.25) is 0 Å². The molecule has 0 aromatic heterocycles. The second kappa shape index (κ2) is 6.44. The molecule has 0 aliphatic rings. The third kappa shape index (κ3) is 3.93. The molecule has 0 spiro atoms. The minimum Gasteiger partial charge on any atom is -0.465 e. The van der Waals surface area contributed by atoms with E-state index in [0.717, 1.165) is 0 Å². The van der Waals surface area contributed by atoms with Crippen LogP contribution in [0.1, 0.15) is 22.8 Å². The van der Waals surface area contributed by atoms with E-state index in [9.17, 15) is 9.59 Å². The average Bonchev–Trinajstić information content (AvgIpc) is 2.34. The summed E-state index contributed by atoms with van der Waals surface area (Å²) in [6.07, 6.45) is 3.49. The van der Waals surface area contributed by atoms with Gasteiger partial charge in [-0.25, -0.2) is 4.79 Å². The van der Waals surface area contributed by atoms with E-state index in [1.165, 1.54) is 14.0 Å². The van der Waals surface area contributed by atoms with E-state index >= 15 is 0 Å². The quantitative estimate of drug-likeness (QED) is 0.619. The van der Waals surface area contributed by atoms with Crippen molar-refractivity contribution in [2.75, 3.05) is 19.4 Å². The van der Waals surface area contributed by atoms with Crippen LogP contribution in [0, 0.1) is 0 Å². The molecule has 0 saturated carbocycles. The van der Waals surface area contributed by atoms with Gasteiger partial charge < -0.3 is 15.8 Å². The molecule has 1 aromatic carbocycles. The van der Waals surface area contributed by atoms with Crippen molar-refractivity contribution in [1.82, 2.24) is 5.32 Å². The predicted molar refractivity (Wildman–Crippen MR) is 69.9 cm³/mol. The molecule has 0 heterocycles. The molecule has 0 aliphatic carbocycles. The zero-order valence-electron chi connectivity index (χ0n) is 10.4. The number of nitrogen functional groups attached to an aromatic ring is 1. The highest BCUT2D eigenvalue weighted by atomic mass is 16.5. The van der Waals surface area contributed by atoms with Crippen LogP contribution in [0.4, 0.5) is 5.69 Å². The van der Waals surface area contributed by atoms with Gasteiger partial charge in [-0.05, 0) is 17.7 Å². The first kappa shape index (κ1) is 13.8. The molecule has 0 atom stereocenters. The Balaban J connectivity index is 2.87. The Hall–Kier alpha value is -2.30. The summed E-state index contributed by atoms with van der Waals surface area (Å²) in [7, 11) is 1.32. The fourth-order valence-electron chi connectivity index (χ4n) is 1.39. The van der Waals surface area contributed by atoms with E-state index in [2.05, 4.69) is 10.1 Å². The summed E-state index contributed by atoms with van der Waals surface area (Å²) in [5.74, 6) is -0.549. The topological polar surface area (TPSA) is 81.4 Å². The van der Waals surface area contributed by atoms with E-state index < -0.39 is 5.97 Å². The number of carbonyl (C=O) groups is 2. The zero-order chi connectivity index (χ0) is 13.5. The number of amides is 1. The second-order valence-electron chi connectivity index (χ2n) is 3.68. The number of carbonyl (C=O) groups excluding carboxylic acids is 2. The Morgan fingerprint density at radius 2 is 2.17 bits per heavy atom. The summed E-state index contributed by atoms with van der Waals surface area (Å²) in [5.41, 5.74) is 7.22. The molecule has 96 valence electrons. The molecule has 18 heavy (non-hydrogen) atoms. The van der Waals surface area contributed by atoms with Crippen LogP contribution < -0.4 is 11.1 Å². The standard InChI is InChI=1S/C13H16N2O3/c1-9(16)15-7-3-4-10-5-6-11(14)8-12(10)13(17)18-2/h3-6,8H,7,14H2,1-2H3,(H,15,16). The fraction of sp³-hybridized carbons (Fsp3) is 0.231. The number of rotatable bonds is 4. The highest BCUT2D eigenvalue weighted by Gasteiger charge is 2.09. The third-order valence-electron chi connectivity index (χ3n) is 2.25. The van der Waals surface area contributed by atoms with Crippen LogP contribution in [-0.4, -0.2) is 25.5 Å². The summed E-state index contributed by atoms with van der Waals surface area (Å²) in [5, 5.41) is 2.62. The average molecular weight is 248 g/mol. The number of ether oxygens (including phenoxy) is 1. The molecular weight excluding hydrogens is 232 g/mol. The second-order valence-corrected chi connectivity index (χ2v) is 3.68. The van der Waals surface area contributed by atoms with Gasteiger partial charge in [0.2, 0.25) is 5.91 Å². The van der Waals surface area contributed by atoms with Gasteiger partial charge in [0.1, 0.15) is 0 Å². The Bertz CT molecular complexity index is 481. The number of methoxy groups -OCH3 is 1. The molecule has 0 radical (unpaired) electrons. The summed E-state index contributed by atoms with van der Waals surface area (Å²) < 4.78 is 4.68. The van der Waals surface area contributed by atoms with Gasteiger partial charge in [0, 0.05) is 19.2 Å². The van der Waals surface area contributed by atoms with E-state index in [1.807, 2.05) is 0 Å². The Morgan fingerprint density at radius 3 is 2.78 bits per heavy atom. The van der Waals surface area contributed by atoms with Crippen LogP contribution in [0.15, 0.2) is 24.3 Å². The van der Waals surface area contributed by atoms with E-state index in [-0.39, 0.29) is 5.91 Å². The van der Waals surface area contributed by atoms with Crippen molar-refractivity contribution < 1.29 is 14.3 Å². The molecular formula is C13H16N2O3. The predicted octanol–water partition coefficient (Wildman–Crippen LogP) is 1.20. The van der Waals surface area contributed by atoms with E-state index in [1.54, 1.807) is 30.4 Å². The van der Waals surface area contributed by atoms with Crippen molar-refractivity contribution in [2.24, 2.45) is 0 Å². The van der Waals surface area contributed by atoms with Crippen molar-refractivity contribution in [3.8, 4) is 0 Å². The van der Waals surface area contributed by atoms with Crippen LogP contribution in [0.25, 0.3) is 6.08 Å². The summed E-state index contributed by atoms with van der Waals surface area (Å²) in [6.45, 7) is 1.84. The van der Waals surface area contributed by atoms with Crippen molar-refractivity contribution in [1.29, 1.82) is 0 Å². The molecule has 5 nitrogen and oxygen atoms in total. The Labute approximate surface area is 106 Å². The highest BCUT2D eigenvalue weighted by molar-refractivity contribution is 5.94. The molecule has 3 N–H and O–H groups in total. The van der Waals surface area contributed by atoms with E-state index in [0.29, 0.717) is 23.4 Å². The third-order valence-corrected chi connectivity index (χ3v) is 2.25. The van der Waals surface area contributed by atoms with Crippen molar-refractivity contribution in [3.05, 3.63) is 35.4 Å². The van der Waals surface area contributed by atoms with Gasteiger partial charge in [0.15, 0.2) is 0 Å². The lowest BCUT2D eigenvalue weighted by Gasteiger charge is -2.05.